The van der Waals surface area contributed by atoms with Gasteiger partial charge in [0, 0.05) is 23.3 Å². The van der Waals surface area contributed by atoms with Gasteiger partial charge in [0.2, 0.25) is 0 Å². The number of aryl methyl sites for hydroxylation is 1. The molecule has 0 fully saturated rings. The molecule has 2 heterocycles. The number of aromatic nitrogens is 3. The number of carbonyl (C=O) groups excluding carboxylic acids is 2. The summed E-state index contributed by atoms with van der Waals surface area (Å²) in [5.74, 6) is -1.06. The summed E-state index contributed by atoms with van der Waals surface area (Å²) < 4.78 is 5.09. The number of nitrogens with one attached hydrogen (secondary N) is 1. The van der Waals surface area contributed by atoms with E-state index < -0.39 is 18.5 Å². The topological polar surface area (TPSA) is 94.1 Å². The fourth-order valence-corrected chi connectivity index (χ4v) is 3.38. The average molecular weight is 404 g/mol. The van der Waals surface area contributed by atoms with Crippen molar-refractivity contribution >= 4 is 39.4 Å². The van der Waals surface area contributed by atoms with Crippen LogP contribution in [0.4, 0.5) is 5.13 Å². The van der Waals surface area contributed by atoms with Crippen LogP contribution < -0.4 is 5.32 Å². The lowest BCUT2D eigenvalue weighted by atomic mass is 10.1. The molecule has 4 aromatic rings. The molecule has 0 aliphatic rings. The van der Waals surface area contributed by atoms with Crippen LogP contribution in [0, 0.1) is 6.92 Å². The molecule has 1 amide bonds. The van der Waals surface area contributed by atoms with E-state index in [2.05, 4.69) is 20.3 Å². The first-order valence-electron chi connectivity index (χ1n) is 8.79. The third kappa shape index (κ3) is 4.44. The highest BCUT2D eigenvalue weighted by Gasteiger charge is 2.13. The number of rotatable bonds is 5. The molecule has 0 unspecified atom stereocenters. The Bertz CT molecular complexity index is 1190. The van der Waals surface area contributed by atoms with Gasteiger partial charge >= 0.3 is 5.97 Å². The normalized spacial score (nSPS) is 10.7. The van der Waals surface area contributed by atoms with Crippen LogP contribution in [0.2, 0.25) is 0 Å². The Hall–Kier alpha value is -3.65. The Morgan fingerprint density at radius 3 is 2.59 bits per heavy atom. The molecule has 0 aliphatic heterocycles. The number of thiazole rings is 1. The van der Waals surface area contributed by atoms with Gasteiger partial charge < -0.3 is 4.74 Å². The highest BCUT2D eigenvalue weighted by atomic mass is 32.1. The predicted octanol–water partition coefficient (Wildman–Crippen LogP) is 3.86. The van der Waals surface area contributed by atoms with Gasteiger partial charge in [0.15, 0.2) is 11.7 Å². The van der Waals surface area contributed by atoms with Crippen molar-refractivity contribution in [3.05, 3.63) is 71.4 Å². The molecule has 4 rings (SSSR count). The van der Waals surface area contributed by atoms with Crippen molar-refractivity contribution in [1.29, 1.82) is 0 Å². The van der Waals surface area contributed by atoms with Gasteiger partial charge in [-0.05, 0) is 25.1 Å². The summed E-state index contributed by atoms with van der Waals surface area (Å²) in [6.45, 7) is 1.61. The van der Waals surface area contributed by atoms with Gasteiger partial charge in [-0.3, -0.25) is 20.1 Å². The molecule has 0 saturated carbocycles. The maximum absolute atomic E-state index is 12.2. The lowest BCUT2D eigenvalue weighted by Gasteiger charge is -2.05. The Morgan fingerprint density at radius 2 is 1.79 bits per heavy atom. The van der Waals surface area contributed by atoms with Crippen molar-refractivity contribution < 1.29 is 14.3 Å². The Balaban J connectivity index is 1.35. The summed E-state index contributed by atoms with van der Waals surface area (Å²) in [6, 6.07) is 12.8. The minimum Gasteiger partial charge on any atom is -0.452 e. The van der Waals surface area contributed by atoms with Crippen molar-refractivity contribution in [2.75, 3.05) is 11.9 Å². The first-order valence-corrected chi connectivity index (χ1v) is 9.67. The molecule has 29 heavy (non-hydrogen) atoms. The van der Waals surface area contributed by atoms with Gasteiger partial charge in [-0.15, -0.1) is 11.3 Å². The Morgan fingerprint density at radius 1 is 1.03 bits per heavy atom. The smallest absolute Gasteiger partial charge is 0.338 e. The van der Waals surface area contributed by atoms with Gasteiger partial charge in [0.1, 0.15) is 0 Å². The van der Waals surface area contributed by atoms with Crippen molar-refractivity contribution in [2.45, 2.75) is 6.92 Å². The van der Waals surface area contributed by atoms with Gasteiger partial charge in [-0.1, -0.05) is 29.8 Å². The summed E-state index contributed by atoms with van der Waals surface area (Å²) in [4.78, 5) is 37.0. The minimum atomic E-state index is -0.604. The molecule has 144 valence electrons. The summed E-state index contributed by atoms with van der Waals surface area (Å²) >= 11 is 1.31. The maximum atomic E-state index is 12.2. The number of amides is 1. The van der Waals surface area contributed by atoms with Crippen LogP contribution >= 0.6 is 11.3 Å². The summed E-state index contributed by atoms with van der Waals surface area (Å²) in [5.41, 5.74) is 4.48. The van der Waals surface area contributed by atoms with Crippen LogP contribution in [-0.2, 0) is 9.53 Å². The van der Waals surface area contributed by atoms with E-state index in [1.54, 1.807) is 30.6 Å². The molecular formula is C21H16N4O3S. The zero-order valence-corrected chi connectivity index (χ0v) is 16.3. The summed E-state index contributed by atoms with van der Waals surface area (Å²) in [7, 11) is 0. The van der Waals surface area contributed by atoms with Crippen LogP contribution in [0.25, 0.3) is 22.3 Å². The summed E-state index contributed by atoms with van der Waals surface area (Å²) in [5, 5.41) is 4.96. The SMILES string of the molecule is Cc1ccc(-c2csc(NC(=O)COC(=O)c3ccc4nccnc4c3)n2)cc1. The number of hydrogen-bond donors (Lipinski definition) is 1. The van der Waals surface area contributed by atoms with E-state index >= 15 is 0 Å². The van der Waals surface area contributed by atoms with Crippen LogP contribution in [0.15, 0.2) is 60.2 Å². The number of hydrogen-bond acceptors (Lipinski definition) is 7. The van der Waals surface area contributed by atoms with Crippen LogP contribution in [-0.4, -0.2) is 33.4 Å². The van der Waals surface area contributed by atoms with E-state index in [9.17, 15) is 9.59 Å². The first kappa shape index (κ1) is 18.7. The standard InChI is InChI=1S/C21H16N4O3S/c1-13-2-4-14(5-3-13)18-12-29-21(24-18)25-19(26)11-28-20(27)15-6-7-16-17(10-15)23-9-8-22-16/h2-10,12H,11H2,1H3,(H,24,25,26). The van der Waals surface area contributed by atoms with Crippen molar-refractivity contribution in [3.63, 3.8) is 0 Å². The monoisotopic (exact) mass is 404 g/mol. The highest BCUT2D eigenvalue weighted by molar-refractivity contribution is 7.14. The number of fused-ring (bicyclic) bond motifs is 1. The minimum absolute atomic E-state index is 0.307. The van der Waals surface area contributed by atoms with Crippen molar-refractivity contribution in [2.24, 2.45) is 0 Å². The highest BCUT2D eigenvalue weighted by Crippen LogP contribution is 2.25. The molecule has 0 saturated heterocycles. The number of esters is 1. The number of carbonyl (C=O) groups is 2. The molecule has 0 aliphatic carbocycles. The van der Waals surface area contributed by atoms with Gasteiger partial charge in [-0.25, -0.2) is 9.78 Å². The second-order valence-electron chi connectivity index (χ2n) is 6.29. The fourth-order valence-electron chi connectivity index (χ4n) is 2.65. The third-order valence-electron chi connectivity index (χ3n) is 4.14. The number of benzene rings is 2. The van der Waals surface area contributed by atoms with Crippen molar-refractivity contribution in [3.8, 4) is 11.3 Å². The Labute approximate surface area is 170 Å². The molecular weight excluding hydrogens is 388 g/mol. The average Bonchev–Trinajstić information content (AvgIpc) is 3.20. The van der Waals surface area contributed by atoms with Gasteiger partial charge in [-0.2, -0.15) is 0 Å². The molecule has 0 spiro atoms. The number of ether oxygens (including phenoxy) is 1. The van der Waals surface area contributed by atoms with Gasteiger partial charge in [0.05, 0.1) is 22.3 Å². The zero-order valence-electron chi connectivity index (χ0n) is 15.5. The largest absolute Gasteiger partial charge is 0.452 e. The maximum Gasteiger partial charge on any atom is 0.338 e. The third-order valence-corrected chi connectivity index (χ3v) is 4.89. The lowest BCUT2D eigenvalue weighted by molar-refractivity contribution is -0.119. The van der Waals surface area contributed by atoms with E-state index in [1.807, 2.05) is 36.6 Å². The molecule has 0 radical (unpaired) electrons. The van der Waals surface area contributed by atoms with E-state index in [0.29, 0.717) is 21.7 Å². The van der Waals surface area contributed by atoms with E-state index in [1.165, 1.54) is 11.3 Å². The zero-order chi connectivity index (χ0) is 20.2. The molecule has 2 aromatic heterocycles. The van der Waals surface area contributed by atoms with Crippen molar-refractivity contribution in [1.82, 2.24) is 15.0 Å². The first-order chi connectivity index (χ1) is 14.1. The molecule has 8 heteroatoms. The van der Waals surface area contributed by atoms with E-state index in [0.717, 1.165) is 16.8 Å². The second kappa shape index (κ2) is 8.15. The molecule has 1 N–H and O–H groups in total. The number of nitrogens with zero attached hydrogens (tertiary/aromatic N) is 3. The summed E-state index contributed by atoms with van der Waals surface area (Å²) in [6.07, 6.45) is 3.12. The van der Waals surface area contributed by atoms with Crippen LogP contribution in [0.3, 0.4) is 0 Å². The van der Waals surface area contributed by atoms with Crippen LogP contribution in [0.5, 0.6) is 0 Å². The van der Waals surface area contributed by atoms with Crippen LogP contribution in [0.1, 0.15) is 15.9 Å². The quantitative estimate of drug-likeness (QED) is 0.508. The second-order valence-corrected chi connectivity index (χ2v) is 7.15. The fraction of sp³-hybridized carbons (Fsp3) is 0.0952. The Kier molecular flexibility index (Phi) is 5.26. The molecule has 0 atom stereocenters. The predicted molar refractivity (Wildman–Crippen MR) is 111 cm³/mol. The van der Waals surface area contributed by atoms with Gasteiger partial charge in [0.25, 0.3) is 5.91 Å². The molecule has 0 bridgehead atoms. The molecule has 2 aromatic carbocycles. The van der Waals surface area contributed by atoms with E-state index in [-0.39, 0.29) is 0 Å². The number of anilines is 1. The molecule has 7 nitrogen and oxygen atoms in total. The lowest BCUT2D eigenvalue weighted by Crippen LogP contribution is -2.20. The van der Waals surface area contributed by atoms with E-state index in [4.69, 9.17) is 4.74 Å².